The number of carbonyl (C=O) groups is 1. The van der Waals surface area contributed by atoms with Gasteiger partial charge in [0.25, 0.3) is 0 Å². The SMILES string of the molecule is CC(C)CC(=O)N1CCN(c2ccnc3ccnn23)CC1. The van der Waals surface area contributed by atoms with Gasteiger partial charge >= 0.3 is 0 Å². The minimum Gasteiger partial charge on any atom is -0.353 e. The number of rotatable bonds is 3. The molecule has 3 rings (SSSR count). The Balaban J connectivity index is 1.68. The zero-order chi connectivity index (χ0) is 14.8. The predicted octanol–water partition coefficient (Wildman–Crippen LogP) is 1.42. The number of aromatic nitrogens is 3. The van der Waals surface area contributed by atoms with Crippen LogP contribution in [0.15, 0.2) is 24.5 Å². The third kappa shape index (κ3) is 2.84. The second-order valence-corrected chi connectivity index (χ2v) is 5.87. The molecule has 0 unspecified atom stereocenters. The van der Waals surface area contributed by atoms with Crippen LogP contribution in [0.25, 0.3) is 5.65 Å². The van der Waals surface area contributed by atoms with Crippen LogP contribution in [0.1, 0.15) is 20.3 Å². The molecule has 0 aromatic carbocycles. The van der Waals surface area contributed by atoms with E-state index in [0.717, 1.165) is 37.6 Å². The van der Waals surface area contributed by atoms with Gasteiger partial charge in [-0.15, -0.1) is 0 Å². The molecule has 2 aromatic heterocycles. The molecule has 0 atom stereocenters. The van der Waals surface area contributed by atoms with Gasteiger partial charge in [0.15, 0.2) is 5.65 Å². The summed E-state index contributed by atoms with van der Waals surface area (Å²) >= 11 is 0. The Morgan fingerprint density at radius 2 is 1.95 bits per heavy atom. The molecule has 1 aliphatic heterocycles. The van der Waals surface area contributed by atoms with E-state index in [1.807, 2.05) is 27.7 Å². The molecule has 3 heterocycles. The molecule has 6 heteroatoms. The molecule has 0 N–H and O–H groups in total. The van der Waals surface area contributed by atoms with Gasteiger partial charge in [-0.2, -0.15) is 9.61 Å². The van der Waals surface area contributed by atoms with Gasteiger partial charge in [-0.3, -0.25) is 4.79 Å². The Hall–Kier alpha value is -2.11. The summed E-state index contributed by atoms with van der Waals surface area (Å²) in [4.78, 5) is 20.6. The molecule has 0 saturated carbocycles. The molecule has 6 nitrogen and oxygen atoms in total. The lowest BCUT2D eigenvalue weighted by Gasteiger charge is -2.36. The van der Waals surface area contributed by atoms with Crippen LogP contribution in [0.3, 0.4) is 0 Å². The van der Waals surface area contributed by atoms with Crippen molar-refractivity contribution in [1.82, 2.24) is 19.5 Å². The highest BCUT2D eigenvalue weighted by Crippen LogP contribution is 2.17. The van der Waals surface area contributed by atoms with Crippen LogP contribution >= 0.6 is 0 Å². The maximum absolute atomic E-state index is 12.1. The van der Waals surface area contributed by atoms with Gasteiger partial charge in [-0.05, 0) is 12.0 Å². The smallest absolute Gasteiger partial charge is 0.222 e. The van der Waals surface area contributed by atoms with Gasteiger partial charge in [-0.1, -0.05) is 13.8 Å². The first kappa shape index (κ1) is 13.9. The van der Waals surface area contributed by atoms with Crippen LogP contribution in [0, 0.1) is 5.92 Å². The predicted molar refractivity (Wildman–Crippen MR) is 81.2 cm³/mol. The summed E-state index contributed by atoms with van der Waals surface area (Å²) in [5.74, 6) is 1.73. The van der Waals surface area contributed by atoms with Crippen molar-refractivity contribution in [3.8, 4) is 0 Å². The Morgan fingerprint density at radius 3 is 2.67 bits per heavy atom. The summed E-state index contributed by atoms with van der Waals surface area (Å²) in [5, 5.41) is 4.32. The van der Waals surface area contributed by atoms with E-state index in [1.54, 1.807) is 6.20 Å². The van der Waals surface area contributed by atoms with Crippen LogP contribution in [0.5, 0.6) is 0 Å². The molecule has 0 bridgehead atoms. The third-order valence-corrected chi connectivity index (χ3v) is 3.81. The lowest BCUT2D eigenvalue weighted by molar-refractivity contribution is -0.132. The van der Waals surface area contributed by atoms with Gasteiger partial charge in [-0.25, -0.2) is 4.98 Å². The van der Waals surface area contributed by atoms with E-state index in [4.69, 9.17) is 0 Å². The molecule has 112 valence electrons. The number of nitrogens with zero attached hydrogens (tertiary/aromatic N) is 5. The first-order chi connectivity index (χ1) is 10.1. The average Bonchev–Trinajstić information content (AvgIpc) is 2.95. The first-order valence-corrected chi connectivity index (χ1v) is 7.46. The van der Waals surface area contributed by atoms with Crippen LogP contribution in [0.2, 0.25) is 0 Å². The van der Waals surface area contributed by atoms with Gasteiger partial charge in [0.05, 0.1) is 6.20 Å². The number of amides is 1. The number of hydrogen-bond donors (Lipinski definition) is 0. The van der Waals surface area contributed by atoms with Gasteiger partial charge in [0, 0.05) is 44.9 Å². The molecule has 2 aromatic rings. The fourth-order valence-electron chi connectivity index (χ4n) is 2.72. The Morgan fingerprint density at radius 1 is 1.19 bits per heavy atom. The lowest BCUT2D eigenvalue weighted by atomic mass is 10.1. The van der Waals surface area contributed by atoms with Crippen molar-refractivity contribution in [3.05, 3.63) is 24.5 Å². The summed E-state index contributed by atoms with van der Waals surface area (Å²) in [6, 6.07) is 3.87. The van der Waals surface area contributed by atoms with Gasteiger partial charge < -0.3 is 9.80 Å². The zero-order valence-electron chi connectivity index (χ0n) is 12.6. The summed E-state index contributed by atoms with van der Waals surface area (Å²) in [5.41, 5.74) is 0.853. The van der Waals surface area contributed by atoms with E-state index in [1.165, 1.54) is 0 Å². The quantitative estimate of drug-likeness (QED) is 0.857. The molecular formula is C15H21N5O. The molecular weight excluding hydrogens is 266 g/mol. The monoisotopic (exact) mass is 287 g/mol. The largest absolute Gasteiger partial charge is 0.353 e. The van der Waals surface area contributed by atoms with Crippen molar-refractivity contribution < 1.29 is 4.79 Å². The summed E-state index contributed by atoms with van der Waals surface area (Å²) < 4.78 is 1.85. The van der Waals surface area contributed by atoms with Crippen LogP contribution < -0.4 is 4.90 Å². The van der Waals surface area contributed by atoms with Crippen molar-refractivity contribution in [2.24, 2.45) is 5.92 Å². The number of piperazine rings is 1. The van der Waals surface area contributed by atoms with Crippen molar-refractivity contribution >= 4 is 17.4 Å². The lowest BCUT2D eigenvalue weighted by Crippen LogP contribution is -2.49. The van der Waals surface area contributed by atoms with E-state index in [9.17, 15) is 4.79 Å². The summed E-state index contributed by atoms with van der Waals surface area (Å²) in [6.45, 7) is 7.39. The highest BCUT2D eigenvalue weighted by atomic mass is 16.2. The minimum atomic E-state index is 0.267. The highest BCUT2D eigenvalue weighted by Gasteiger charge is 2.22. The fraction of sp³-hybridized carbons (Fsp3) is 0.533. The third-order valence-electron chi connectivity index (χ3n) is 3.81. The van der Waals surface area contributed by atoms with Gasteiger partial charge in [0.1, 0.15) is 5.82 Å². The van der Waals surface area contributed by atoms with Crippen molar-refractivity contribution in [1.29, 1.82) is 0 Å². The second kappa shape index (κ2) is 5.71. The number of anilines is 1. The highest BCUT2D eigenvalue weighted by molar-refractivity contribution is 5.76. The van der Waals surface area contributed by atoms with Crippen LogP contribution in [0.4, 0.5) is 5.82 Å². The Bertz CT molecular complexity index is 628. The number of hydrogen-bond acceptors (Lipinski definition) is 4. The molecule has 1 fully saturated rings. The molecule has 0 radical (unpaired) electrons. The molecule has 21 heavy (non-hydrogen) atoms. The first-order valence-electron chi connectivity index (χ1n) is 7.46. The van der Waals surface area contributed by atoms with E-state index in [-0.39, 0.29) is 5.91 Å². The summed E-state index contributed by atoms with van der Waals surface area (Å²) in [7, 11) is 0. The molecule has 0 spiro atoms. The van der Waals surface area contributed by atoms with Crippen molar-refractivity contribution in [2.45, 2.75) is 20.3 Å². The topological polar surface area (TPSA) is 53.7 Å². The number of fused-ring (bicyclic) bond motifs is 1. The second-order valence-electron chi connectivity index (χ2n) is 5.87. The standard InChI is InChI=1S/C15H21N5O/c1-12(2)11-15(21)19-9-7-18(8-10-19)14-4-5-16-13-3-6-17-20(13)14/h3-6,12H,7-11H2,1-2H3. The zero-order valence-corrected chi connectivity index (χ0v) is 12.6. The van der Waals surface area contributed by atoms with E-state index >= 15 is 0 Å². The maximum Gasteiger partial charge on any atom is 0.222 e. The number of carbonyl (C=O) groups excluding carboxylic acids is 1. The molecule has 1 aliphatic rings. The molecule has 1 amide bonds. The van der Waals surface area contributed by atoms with E-state index < -0.39 is 0 Å². The molecule has 0 aliphatic carbocycles. The van der Waals surface area contributed by atoms with Gasteiger partial charge in [0.2, 0.25) is 5.91 Å². The van der Waals surface area contributed by atoms with E-state index in [0.29, 0.717) is 12.3 Å². The normalized spacial score (nSPS) is 16.0. The fourth-order valence-corrected chi connectivity index (χ4v) is 2.72. The summed E-state index contributed by atoms with van der Waals surface area (Å²) in [6.07, 6.45) is 4.20. The maximum atomic E-state index is 12.1. The Kier molecular flexibility index (Phi) is 3.77. The van der Waals surface area contributed by atoms with Crippen LogP contribution in [-0.2, 0) is 4.79 Å². The Labute approximate surface area is 124 Å². The van der Waals surface area contributed by atoms with Crippen molar-refractivity contribution in [2.75, 3.05) is 31.1 Å². The average molecular weight is 287 g/mol. The molecule has 1 saturated heterocycles. The minimum absolute atomic E-state index is 0.267. The van der Waals surface area contributed by atoms with E-state index in [2.05, 4.69) is 28.8 Å². The van der Waals surface area contributed by atoms with Crippen LogP contribution in [-0.4, -0.2) is 51.6 Å². The van der Waals surface area contributed by atoms with Crippen molar-refractivity contribution in [3.63, 3.8) is 0 Å².